The minimum atomic E-state index is -4.67. The number of nitrogen functional groups attached to an aromatic ring is 2. The van der Waals surface area contributed by atoms with Gasteiger partial charge in [0.2, 0.25) is 0 Å². The first kappa shape index (κ1) is 15.5. The van der Waals surface area contributed by atoms with Crippen molar-refractivity contribution in [3.8, 4) is 5.75 Å². The zero-order valence-corrected chi connectivity index (χ0v) is 9.76. The van der Waals surface area contributed by atoms with Crippen LogP contribution in [0.4, 0.5) is 11.4 Å². The minimum Gasteiger partial charge on any atom is -0.463 e. The summed E-state index contributed by atoms with van der Waals surface area (Å²) in [5, 5.41) is 8.89. The molecule has 0 saturated carbocycles. The standard InChI is InChI=1S/C8H12N2O2.H2O4S/c1-5(11)12-8-3-2-6(9)4-7(8)10;1-5(2,3)4/h2-5,11H,9-10H2,1H3;(H2,1,2,3,4). The fourth-order valence-corrected chi connectivity index (χ4v) is 0.858. The number of hydrogen-bond acceptors (Lipinski definition) is 6. The first-order valence-electron chi connectivity index (χ1n) is 4.29. The van der Waals surface area contributed by atoms with E-state index < -0.39 is 16.7 Å². The second-order valence-corrected chi connectivity index (χ2v) is 3.86. The average Bonchev–Trinajstić information content (AvgIpc) is 2.06. The monoisotopic (exact) mass is 266 g/mol. The van der Waals surface area contributed by atoms with E-state index in [2.05, 4.69) is 0 Å². The van der Waals surface area contributed by atoms with Gasteiger partial charge in [-0.1, -0.05) is 0 Å². The Labute approximate surface area is 98.4 Å². The molecule has 0 saturated heterocycles. The molecule has 0 bridgehead atoms. The Morgan fingerprint density at radius 3 is 2.12 bits per heavy atom. The lowest BCUT2D eigenvalue weighted by atomic mass is 10.2. The van der Waals surface area contributed by atoms with E-state index in [0.29, 0.717) is 17.1 Å². The average molecular weight is 266 g/mol. The van der Waals surface area contributed by atoms with E-state index >= 15 is 0 Å². The predicted octanol–water partition coefficient (Wildman–Crippen LogP) is -0.0847. The smallest absolute Gasteiger partial charge is 0.394 e. The number of hydrogen-bond donors (Lipinski definition) is 5. The number of rotatable bonds is 2. The van der Waals surface area contributed by atoms with E-state index in [1.54, 1.807) is 18.2 Å². The molecule has 1 aromatic rings. The third kappa shape index (κ3) is 9.38. The maximum Gasteiger partial charge on any atom is 0.394 e. The third-order valence-electron chi connectivity index (χ3n) is 1.33. The van der Waals surface area contributed by atoms with Gasteiger partial charge in [0.1, 0.15) is 5.75 Å². The molecular formula is C8H14N2O6S. The topological polar surface area (TPSA) is 156 Å². The van der Waals surface area contributed by atoms with E-state index in [4.69, 9.17) is 38.8 Å². The van der Waals surface area contributed by atoms with Gasteiger partial charge in [-0.3, -0.25) is 9.11 Å². The van der Waals surface area contributed by atoms with E-state index in [9.17, 15) is 0 Å². The van der Waals surface area contributed by atoms with E-state index in [0.717, 1.165) is 0 Å². The Kier molecular flexibility index (Phi) is 5.68. The minimum absolute atomic E-state index is 0.427. The van der Waals surface area contributed by atoms with Gasteiger partial charge in [0, 0.05) is 5.69 Å². The van der Waals surface area contributed by atoms with Crippen LogP contribution in [0.25, 0.3) is 0 Å². The van der Waals surface area contributed by atoms with Crippen molar-refractivity contribution in [3.05, 3.63) is 18.2 Å². The van der Waals surface area contributed by atoms with Crippen LogP contribution in [0, 0.1) is 0 Å². The summed E-state index contributed by atoms with van der Waals surface area (Å²) >= 11 is 0. The van der Waals surface area contributed by atoms with Crippen LogP contribution in [-0.4, -0.2) is 28.9 Å². The summed E-state index contributed by atoms with van der Waals surface area (Å²) in [5.74, 6) is 0.444. The molecule has 0 spiro atoms. The molecular weight excluding hydrogens is 252 g/mol. The van der Waals surface area contributed by atoms with Crippen molar-refractivity contribution < 1.29 is 27.4 Å². The molecule has 0 aromatic heterocycles. The zero-order valence-electron chi connectivity index (χ0n) is 8.94. The molecule has 7 N–H and O–H groups in total. The number of anilines is 2. The van der Waals surface area contributed by atoms with Gasteiger partial charge < -0.3 is 21.3 Å². The molecule has 0 radical (unpaired) electrons. The van der Waals surface area contributed by atoms with Crippen molar-refractivity contribution in [1.82, 2.24) is 0 Å². The summed E-state index contributed by atoms with van der Waals surface area (Å²) in [4.78, 5) is 0. The van der Waals surface area contributed by atoms with Crippen molar-refractivity contribution >= 4 is 21.8 Å². The van der Waals surface area contributed by atoms with Gasteiger partial charge in [-0.25, -0.2) is 0 Å². The zero-order chi connectivity index (χ0) is 13.6. The first-order valence-corrected chi connectivity index (χ1v) is 5.69. The van der Waals surface area contributed by atoms with Gasteiger partial charge in [0.15, 0.2) is 6.29 Å². The molecule has 1 aromatic carbocycles. The molecule has 17 heavy (non-hydrogen) atoms. The van der Waals surface area contributed by atoms with Gasteiger partial charge in [-0.05, 0) is 25.1 Å². The normalized spacial score (nSPS) is 12.2. The van der Waals surface area contributed by atoms with Crippen molar-refractivity contribution in [2.24, 2.45) is 0 Å². The summed E-state index contributed by atoms with van der Waals surface area (Å²) in [6.07, 6.45) is -0.865. The molecule has 0 heterocycles. The third-order valence-corrected chi connectivity index (χ3v) is 1.33. The van der Waals surface area contributed by atoms with Crippen molar-refractivity contribution in [3.63, 3.8) is 0 Å². The molecule has 0 aliphatic heterocycles. The number of aliphatic hydroxyl groups is 1. The Hall–Kier alpha value is -1.55. The van der Waals surface area contributed by atoms with Crippen LogP contribution in [0.15, 0.2) is 18.2 Å². The molecule has 1 atom stereocenters. The largest absolute Gasteiger partial charge is 0.463 e. The van der Waals surface area contributed by atoms with Crippen molar-refractivity contribution in [2.75, 3.05) is 11.5 Å². The van der Waals surface area contributed by atoms with Gasteiger partial charge in [-0.15, -0.1) is 0 Å². The number of nitrogens with two attached hydrogens (primary N) is 2. The molecule has 0 amide bonds. The first-order chi connectivity index (χ1) is 7.59. The Morgan fingerprint density at radius 2 is 1.76 bits per heavy atom. The van der Waals surface area contributed by atoms with Gasteiger partial charge >= 0.3 is 10.4 Å². The van der Waals surface area contributed by atoms with E-state index in [1.165, 1.54) is 6.92 Å². The lowest BCUT2D eigenvalue weighted by molar-refractivity contribution is 0.000279. The molecule has 8 nitrogen and oxygen atoms in total. The highest BCUT2D eigenvalue weighted by atomic mass is 32.3. The molecule has 9 heteroatoms. The highest BCUT2D eigenvalue weighted by Crippen LogP contribution is 2.23. The highest BCUT2D eigenvalue weighted by molar-refractivity contribution is 7.79. The van der Waals surface area contributed by atoms with Crippen molar-refractivity contribution in [1.29, 1.82) is 0 Å². The molecule has 0 fully saturated rings. The van der Waals surface area contributed by atoms with Crippen LogP contribution < -0.4 is 16.2 Å². The van der Waals surface area contributed by atoms with Crippen LogP contribution in [0.5, 0.6) is 5.75 Å². The molecule has 1 unspecified atom stereocenters. The summed E-state index contributed by atoms with van der Waals surface area (Å²) in [5.41, 5.74) is 12.0. The number of aliphatic hydroxyl groups excluding tert-OH is 1. The lowest BCUT2D eigenvalue weighted by Gasteiger charge is -2.10. The maximum atomic E-state index is 8.89. The van der Waals surface area contributed by atoms with Gasteiger partial charge in [-0.2, -0.15) is 8.42 Å². The van der Waals surface area contributed by atoms with Crippen LogP contribution in [-0.2, 0) is 10.4 Å². The quantitative estimate of drug-likeness (QED) is 0.282. The summed E-state index contributed by atoms with van der Waals surface area (Å²) in [6.45, 7) is 1.51. The highest BCUT2D eigenvalue weighted by Gasteiger charge is 2.02. The maximum absolute atomic E-state index is 8.89. The van der Waals surface area contributed by atoms with Crippen LogP contribution in [0.2, 0.25) is 0 Å². The molecule has 0 aliphatic carbocycles. The predicted molar refractivity (Wildman–Crippen MR) is 61.8 cm³/mol. The summed E-state index contributed by atoms with van der Waals surface area (Å²) in [6, 6.07) is 4.86. The SMILES string of the molecule is CC(O)Oc1ccc(N)cc1N.O=S(=O)(O)O. The second-order valence-electron chi connectivity index (χ2n) is 2.96. The fraction of sp³-hybridized carbons (Fsp3) is 0.250. The lowest BCUT2D eigenvalue weighted by Crippen LogP contribution is -2.10. The summed E-state index contributed by atoms with van der Waals surface area (Å²) in [7, 11) is -4.67. The van der Waals surface area contributed by atoms with Crippen LogP contribution in [0.3, 0.4) is 0 Å². The van der Waals surface area contributed by atoms with Crippen molar-refractivity contribution in [2.45, 2.75) is 13.2 Å². The van der Waals surface area contributed by atoms with Gasteiger partial charge in [0.05, 0.1) is 5.69 Å². The Balaban J connectivity index is 0.000000437. The Morgan fingerprint density at radius 1 is 1.29 bits per heavy atom. The van der Waals surface area contributed by atoms with E-state index in [-0.39, 0.29) is 0 Å². The van der Waals surface area contributed by atoms with Crippen LogP contribution in [0.1, 0.15) is 6.92 Å². The number of ether oxygens (including phenoxy) is 1. The molecule has 0 aliphatic rings. The molecule has 98 valence electrons. The summed E-state index contributed by atoms with van der Waals surface area (Å²) < 4.78 is 36.6. The van der Waals surface area contributed by atoms with Gasteiger partial charge in [0.25, 0.3) is 0 Å². The van der Waals surface area contributed by atoms with E-state index in [1.807, 2.05) is 0 Å². The fourth-order valence-electron chi connectivity index (χ4n) is 0.858. The molecule has 1 rings (SSSR count). The second kappa shape index (κ2) is 6.25. The number of benzene rings is 1. The Bertz CT molecular complexity index is 451. The van der Waals surface area contributed by atoms with Crippen LogP contribution >= 0.6 is 0 Å².